The molecule has 20 heteroatoms. The third-order valence-electron chi connectivity index (χ3n) is 3.61. The number of halogens is 1. The highest BCUT2D eigenvalue weighted by atomic mass is 32.1. The van der Waals surface area contributed by atoms with Gasteiger partial charge in [0.05, 0.1) is 0 Å². The van der Waals surface area contributed by atoms with Crippen molar-refractivity contribution in [2.75, 3.05) is 6.61 Å². The maximum Gasteiger partial charge on any atom is 0.490 e. The number of alkyl halides is 1. The first-order valence-electron chi connectivity index (χ1n) is 7.58. The van der Waals surface area contributed by atoms with E-state index in [-0.39, 0.29) is 4.64 Å². The first-order chi connectivity index (χ1) is 14.0. The molecule has 1 fully saturated rings. The highest BCUT2D eigenvalue weighted by Gasteiger charge is 2.57. The molecule has 6 N–H and O–H groups in total. The number of hydrogen-bond donors (Lipinski definition) is 6. The molecular weight excluding hydrogens is 512 g/mol. The Labute approximate surface area is 176 Å². The SMILES string of the molecule is C#C[C@]1(COP(=O)(O)OP(=O)(O)OP(=O)(O)O)O[C@@H](n2ccc(=S)[nH]c2=O)C(F)[C@H]1O. The Balaban J connectivity index is 2.22. The lowest BCUT2D eigenvalue weighted by atomic mass is 9.98. The maximum absolute atomic E-state index is 14.6. The van der Waals surface area contributed by atoms with Crippen LogP contribution in [0.15, 0.2) is 17.1 Å². The molecule has 15 nitrogen and oxygen atoms in total. The van der Waals surface area contributed by atoms with Crippen LogP contribution in [0.4, 0.5) is 4.39 Å². The van der Waals surface area contributed by atoms with E-state index in [9.17, 15) is 32.9 Å². The van der Waals surface area contributed by atoms with Crippen LogP contribution < -0.4 is 5.69 Å². The average molecular weight is 526 g/mol. The summed E-state index contributed by atoms with van der Waals surface area (Å²) in [5.74, 6) is 1.80. The minimum Gasteiger partial charge on any atom is -0.386 e. The predicted molar refractivity (Wildman–Crippen MR) is 98.3 cm³/mol. The second-order valence-corrected chi connectivity index (χ2v) is 10.7. The first kappa shape index (κ1) is 26.2. The van der Waals surface area contributed by atoms with E-state index in [1.165, 1.54) is 6.07 Å². The van der Waals surface area contributed by atoms with Crippen molar-refractivity contribution in [1.82, 2.24) is 9.55 Å². The normalized spacial score (nSPS) is 30.3. The van der Waals surface area contributed by atoms with Crippen molar-refractivity contribution < 1.29 is 60.6 Å². The minimum absolute atomic E-state index is 0.00563. The Morgan fingerprint density at radius 3 is 2.42 bits per heavy atom. The zero-order valence-electron chi connectivity index (χ0n) is 14.7. The number of aliphatic hydroxyl groups excluding tert-OH is 1. The fourth-order valence-electron chi connectivity index (χ4n) is 2.36. The third kappa shape index (κ3) is 6.47. The summed E-state index contributed by atoms with van der Waals surface area (Å²) in [7, 11) is -17.1. The summed E-state index contributed by atoms with van der Waals surface area (Å²) in [6.45, 7) is -1.33. The molecule has 2 rings (SSSR count). The van der Waals surface area contributed by atoms with E-state index in [0.717, 1.165) is 6.20 Å². The summed E-state index contributed by atoms with van der Waals surface area (Å²) >= 11 is 4.73. The lowest BCUT2D eigenvalue weighted by Gasteiger charge is -2.26. The monoisotopic (exact) mass is 526 g/mol. The predicted octanol–water partition coefficient (Wildman–Crippen LogP) is -0.151. The molecule has 0 aromatic carbocycles. The molecule has 0 bridgehead atoms. The van der Waals surface area contributed by atoms with Crippen molar-refractivity contribution in [2.45, 2.75) is 24.1 Å². The number of rotatable bonds is 8. The lowest BCUT2D eigenvalue weighted by Crippen LogP contribution is -2.44. The van der Waals surface area contributed by atoms with Crippen LogP contribution in [0.25, 0.3) is 0 Å². The number of nitrogens with zero attached hydrogens (tertiary/aromatic N) is 1. The molecule has 1 aliphatic heterocycles. The van der Waals surface area contributed by atoms with Crippen LogP contribution in [-0.4, -0.2) is 58.7 Å². The van der Waals surface area contributed by atoms with E-state index in [1.54, 1.807) is 5.92 Å². The molecule has 0 aliphatic carbocycles. The Kier molecular flexibility index (Phi) is 7.64. The molecule has 1 aliphatic rings. The van der Waals surface area contributed by atoms with Gasteiger partial charge in [0.25, 0.3) is 0 Å². The van der Waals surface area contributed by atoms with Gasteiger partial charge in [0, 0.05) is 6.20 Å². The van der Waals surface area contributed by atoms with Crippen LogP contribution in [0.3, 0.4) is 0 Å². The average Bonchev–Trinajstić information content (AvgIpc) is 2.82. The second kappa shape index (κ2) is 9.05. The van der Waals surface area contributed by atoms with Crippen LogP contribution in [0, 0.1) is 17.0 Å². The summed E-state index contributed by atoms with van der Waals surface area (Å²) in [5, 5.41) is 10.2. The van der Waals surface area contributed by atoms with Gasteiger partial charge in [-0.15, -0.1) is 6.42 Å². The molecule has 0 spiro atoms. The highest BCUT2D eigenvalue weighted by Crippen LogP contribution is 2.66. The van der Waals surface area contributed by atoms with E-state index in [1.807, 2.05) is 0 Å². The molecule has 0 saturated carbocycles. The fourth-order valence-corrected chi connectivity index (χ4v) is 5.56. The minimum atomic E-state index is -5.82. The van der Waals surface area contributed by atoms with E-state index >= 15 is 0 Å². The maximum atomic E-state index is 14.6. The summed E-state index contributed by atoms with van der Waals surface area (Å²) in [6, 6.07) is 1.20. The second-order valence-electron chi connectivity index (χ2n) is 5.81. The van der Waals surface area contributed by atoms with Gasteiger partial charge in [0.1, 0.15) is 17.4 Å². The zero-order chi connectivity index (χ0) is 23.8. The van der Waals surface area contributed by atoms with Crippen LogP contribution >= 0.6 is 35.7 Å². The first-order valence-corrected chi connectivity index (χ1v) is 12.5. The highest BCUT2D eigenvalue weighted by molar-refractivity contribution is 7.71. The van der Waals surface area contributed by atoms with Crippen LogP contribution in [0.2, 0.25) is 0 Å². The summed E-state index contributed by atoms with van der Waals surface area (Å²) in [6.07, 6.45) is -0.174. The Morgan fingerprint density at radius 1 is 1.29 bits per heavy atom. The number of hydrogen-bond acceptors (Lipinski definition) is 10. The number of aromatic nitrogens is 2. The summed E-state index contributed by atoms with van der Waals surface area (Å²) < 4.78 is 65.6. The number of phosphoric ester groups is 1. The molecule has 1 saturated heterocycles. The van der Waals surface area contributed by atoms with Gasteiger partial charge in [-0.2, -0.15) is 8.62 Å². The molecule has 2 heterocycles. The molecule has 31 heavy (non-hydrogen) atoms. The summed E-state index contributed by atoms with van der Waals surface area (Å²) in [4.78, 5) is 49.7. The molecule has 1 aromatic rings. The largest absolute Gasteiger partial charge is 0.490 e. The number of aliphatic hydroxyl groups is 1. The Morgan fingerprint density at radius 2 is 1.90 bits per heavy atom. The van der Waals surface area contributed by atoms with Crippen molar-refractivity contribution in [1.29, 1.82) is 0 Å². The van der Waals surface area contributed by atoms with E-state index < -0.39 is 59.9 Å². The zero-order valence-corrected chi connectivity index (χ0v) is 18.2. The van der Waals surface area contributed by atoms with Gasteiger partial charge < -0.3 is 29.4 Å². The number of terminal acetylenes is 1. The van der Waals surface area contributed by atoms with Crippen molar-refractivity contribution >= 4 is 35.7 Å². The molecule has 0 radical (unpaired) electrons. The van der Waals surface area contributed by atoms with E-state index in [0.29, 0.717) is 4.57 Å². The van der Waals surface area contributed by atoms with Gasteiger partial charge in [0.2, 0.25) is 0 Å². The third-order valence-corrected chi connectivity index (χ3v) is 7.63. The Bertz CT molecular complexity index is 1140. The van der Waals surface area contributed by atoms with Crippen LogP contribution in [0.5, 0.6) is 0 Å². The number of ether oxygens (including phenoxy) is 1. The smallest absolute Gasteiger partial charge is 0.386 e. The van der Waals surface area contributed by atoms with Crippen molar-refractivity contribution in [3.8, 4) is 12.3 Å². The molecule has 1 aromatic heterocycles. The quantitative estimate of drug-likeness (QED) is 0.147. The van der Waals surface area contributed by atoms with Crippen LogP contribution in [0.1, 0.15) is 6.23 Å². The molecular formula is C11H14FN2O13P3S. The number of nitrogens with one attached hydrogen (secondary N) is 1. The summed E-state index contributed by atoms with van der Waals surface area (Å²) in [5.41, 5.74) is -3.44. The lowest BCUT2D eigenvalue weighted by molar-refractivity contribution is -0.0906. The van der Waals surface area contributed by atoms with Crippen molar-refractivity contribution in [3.63, 3.8) is 0 Å². The van der Waals surface area contributed by atoms with Gasteiger partial charge in [-0.25, -0.2) is 22.9 Å². The fraction of sp³-hybridized carbons (Fsp3) is 0.455. The van der Waals surface area contributed by atoms with Gasteiger partial charge in [-0.1, -0.05) is 18.1 Å². The number of H-pyrrole nitrogens is 1. The Hall–Kier alpha value is -1.08. The molecule has 174 valence electrons. The van der Waals surface area contributed by atoms with E-state index in [2.05, 4.69) is 18.1 Å². The number of aromatic amines is 1. The van der Waals surface area contributed by atoms with Gasteiger partial charge >= 0.3 is 29.2 Å². The van der Waals surface area contributed by atoms with Crippen molar-refractivity contribution in [3.05, 3.63) is 27.4 Å². The number of phosphoric acid groups is 3. The molecule has 0 amide bonds. The van der Waals surface area contributed by atoms with Crippen LogP contribution in [-0.2, 0) is 31.6 Å². The van der Waals surface area contributed by atoms with Gasteiger partial charge in [0.15, 0.2) is 18.0 Å². The van der Waals surface area contributed by atoms with E-state index in [4.69, 9.17) is 38.1 Å². The molecule has 6 atom stereocenters. The van der Waals surface area contributed by atoms with Crippen molar-refractivity contribution in [2.24, 2.45) is 0 Å². The van der Waals surface area contributed by atoms with Gasteiger partial charge in [-0.05, 0) is 6.07 Å². The standard InChI is InChI=1S/C11H14FN2O13P3S/c1-2-11(5-24-29(20,21)27-30(22,23)26-28(17,18)19)8(15)7(12)9(25-11)14-4-3-6(31)13-10(14)16/h1,3-4,7-9,15H,5H2,(H,20,21)(H,22,23)(H,13,16,31)(H2,17,18,19)/t7?,8-,9-,11-/m1/s1. The van der Waals surface area contributed by atoms with Gasteiger partial charge in [-0.3, -0.25) is 14.1 Å². The topological polar surface area (TPSA) is 227 Å². The molecule has 3 unspecified atom stereocenters.